The Kier molecular flexibility index (Phi) is 5.66. The molecule has 2 aliphatic rings. The van der Waals surface area contributed by atoms with E-state index in [0.717, 1.165) is 37.0 Å². The summed E-state index contributed by atoms with van der Waals surface area (Å²) in [5, 5.41) is 2.88. The lowest BCUT2D eigenvalue weighted by Gasteiger charge is -2.23. The van der Waals surface area contributed by atoms with E-state index in [9.17, 15) is 9.59 Å². The van der Waals surface area contributed by atoms with Crippen molar-refractivity contribution >= 4 is 11.9 Å². The van der Waals surface area contributed by atoms with Crippen molar-refractivity contribution in [3.63, 3.8) is 0 Å². The van der Waals surface area contributed by atoms with Crippen LogP contribution in [0.2, 0.25) is 0 Å². The van der Waals surface area contributed by atoms with Gasteiger partial charge >= 0.3 is 6.03 Å². The molecule has 1 N–H and O–H groups in total. The first kappa shape index (κ1) is 20.3. The van der Waals surface area contributed by atoms with E-state index < -0.39 is 5.54 Å². The standard InChI is InChI=1S/C24H28N2O4/c1-3-14-29-20-9-11-21(12-10-20)30-15-13-26-22(27)24(2,25-23(26)28)19-8-7-17-5-4-6-18(17)16-19/h7-12,16H,3-6,13-15H2,1-2H3,(H,25,28). The van der Waals surface area contributed by atoms with Crippen LogP contribution in [0.1, 0.15) is 43.4 Å². The maximum absolute atomic E-state index is 13.1. The number of nitrogens with one attached hydrogen (secondary N) is 1. The van der Waals surface area contributed by atoms with Gasteiger partial charge in [-0.15, -0.1) is 0 Å². The number of nitrogens with zero attached hydrogens (tertiary/aromatic N) is 1. The Labute approximate surface area is 177 Å². The second-order valence-corrected chi connectivity index (χ2v) is 8.02. The van der Waals surface area contributed by atoms with E-state index in [2.05, 4.69) is 24.4 Å². The van der Waals surface area contributed by atoms with Crippen molar-refractivity contribution in [2.24, 2.45) is 0 Å². The number of aryl methyl sites for hydroxylation is 2. The summed E-state index contributed by atoms with van der Waals surface area (Å²) in [4.78, 5) is 26.9. The van der Waals surface area contributed by atoms with Crippen LogP contribution in [0.25, 0.3) is 0 Å². The number of benzene rings is 2. The fourth-order valence-electron chi connectivity index (χ4n) is 4.09. The predicted octanol–water partition coefficient (Wildman–Crippen LogP) is 3.81. The second kappa shape index (κ2) is 8.38. The Morgan fingerprint density at radius 3 is 2.33 bits per heavy atom. The number of fused-ring (bicyclic) bond motifs is 1. The van der Waals surface area contributed by atoms with Gasteiger partial charge in [-0.3, -0.25) is 9.69 Å². The predicted molar refractivity (Wildman–Crippen MR) is 114 cm³/mol. The lowest BCUT2D eigenvalue weighted by atomic mass is 9.90. The second-order valence-electron chi connectivity index (χ2n) is 8.02. The first-order valence-electron chi connectivity index (χ1n) is 10.6. The van der Waals surface area contributed by atoms with Crippen LogP contribution in [-0.4, -0.2) is 36.6 Å². The number of imide groups is 1. The number of hydrogen-bond acceptors (Lipinski definition) is 4. The van der Waals surface area contributed by atoms with Gasteiger partial charge in [0.05, 0.1) is 13.2 Å². The third-order valence-corrected chi connectivity index (χ3v) is 5.83. The zero-order valence-corrected chi connectivity index (χ0v) is 17.6. The largest absolute Gasteiger partial charge is 0.494 e. The summed E-state index contributed by atoms with van der Waals surface area (Å²) in [6.45, 7) is 4.94. The zero-order valence-electron chi connectivity index (χ0n) is 17.6. The van der Waals surface area contributed by atoms with Crippen LogP contribution in [0.15, 0.2) is 42.5 Å². The number of hydrogen-bond donors (Lipinski definition) is 1. The van der Waals surface area contributed by atoms with Crippen molar-refractivity contribution in [3.8, 4) is 11.5 Å². The van der Waals surface area contributed by atoms with Gasteiger partial charge in [0, 0.05) is 0 Å². The average Bonchev–Trinajstić information content (AvgIpc) is 3.31. The highest BCUT2D eigenvalue weighted by Gasteiger charge is 2.49. The van der Waals surface area contributed by atoms with E-state index in [1.165, 1.54) is 16.0 Å². The Morgan fingerprint density at radius 2 is 1.63 bits per heavy atom. The number of rotatable bonds is 8. The fraction of sp³-hybridized carbons (Fsp3) is 0.417. The van der Waals surface area contributed by atoms with E-state index in [1.807, 2.05) is 30.3 Å². The van der Waals surface area contributed by atoms with Gasteiger partial charge in [-0.1, -0.05) is 25.1 Å². The summed E-state index contributed by atoms with van der Waals surface area (Å²) in [6.07, 6.45) is 4.21. The number of amides is 3. The Balaban J connectivity index is 1.37. The normalized spacial score (nSPS) is 20.3. The number of urea groups is 1. The van der Waals surface area contributed by atoms with Gasteiger partial charge < -0.3 is 14.8 Å². The summed E-state index contributed by atoms with van der Waals surface area (Å²) in [6, 6.07) is 13.1. The molecule has 0 bridgehead atoms. The van der Waals surface area contributed by atoms with Gasteiger partial charge in [0.2, 0.25) is 0 Å². The van der Waals surface area contributed by atoms with Gasteiger partial charge in [-0.2, -0.15) is 0 Å². The lowest BCUT2D eigenvalue weighted by molar-refractivity contribution is -0.131. The molecule has 158 valence electrons. The van der Waals surface area contributed by atoms with Crippen molar-refractivity contribution < 1.29 is 19.1 Å². The SMILES string of the molecule is CCCOc1ccc(OCCN2C(=O)NC(C)(c3ccc4c(c3)CCC4)C2=O)cc1. The van der Waals surface area contributed by atoms with Gasteiger partial charge in [0.25, 0.3) is 5.91 Å². The molecule has 30 heavy (non-hydrogen) atoms. The smallest absolute Gasteiger partial charge is 0.325 e. The first-order valence-corrected chi connectivity index (χ1v) is 10.6. The van der Waals surface area contributed by atoms with Crippen LogP contribution in [0, 0.1) is 0 Å². The van der Waals surface area contributed by atoms with Crippen LogP contribution in [-0.2, 0) is 23.2 Å². The molecule has 3 amide bonds. The minimum absolute atomic E-state index is 0.194. The van der Waals surface area contributed by atoms with Crippen LogP contribution >= 0.6 is 0 Å². The third kappa shape index (κ3) is 3.86. The van der Waals surface area contributed by atoms with Crippen LogP contribution in [0.5, 0.6) is 11.5 Å². The average molecular weight is 408 g/mol. The van der Waals surface area contributed by atoms with E-state index in [1.54, 1.807) is 6.92 Å². The fourth-order valence-corrected chi connectivity index (χ4v) is 4.09. The molecule has 1 fully saturated rings. The maximum atomic E-state index is 13.1. The Bertz CT molecular complexity index is 941. The zero-order chi connectivity index (χ0) is 21.1. The van der Waals surface area contributed by atoms with Crippen molar-refractivity contribution in [1.29, 1.82) is 0 Å². The molecule has 0 saturated carbocycles. The molecular formula is C24H28N2O4. The number of carbonyl (C=O) groups is 2. The molecule has 0 spiro atoms. The van der Waals surface area contributed by atoms with Crippen LogP contribution < -0.4 is 14.8 Å². The highest BCUT2D eigenvalue weighted by atomic mass is 16.5. The molecular weight excluding hydrogens is 380 g/mol. The number of carbonyl (C=O) groups excluding carboxylic acids is 2. The molecule has 1 heterocycles. The molecule has 2 aromatic carbocycles. The summed E-state index contributed by atoms with van der Waals surface area (Å²) < 4.78 is 11.3. The van der Waals surface area contributed by atoms with Gasteiger partial charge in [0.15, 0.2) is 0 Å². The highest BCUT2D eigenvalue weighted by molar-refractivity contribution is 6.07. The van der Waals surface area contributed by atoms with E-state index in [-0.39, 0.29) is 25.1 Å². The minimum Gasteiger partial charge on any atom is -0.494 e. The molecule has 1 saturated heterocycles. The summed E-state index contributed by atoms with van der Waals surface area (Å²) in [5.41, 5.74) is 2.43. The molecule has 0 radical (unpaired) electrons. The summed E-state index contributed by atoms with van der Waals surface area (Å²) >= 11 is 0. The summed E-state index contributed by atoms with van der Waals surface area (Å²) in [7, 11) is 0. The molecule has 2 aromatic rings. The Hall–Kier alpha value is -3.02. The van der Waals surface area contributed by atoms with Crippen LogP contribution in [0.3, 0.4) is 0 Å². The number of ether oxygens (including phenoxy) is 2. The molecule has 1 atom stereocenters. The first-order chi connectivity index (χ1) is 14.5. The quantitative estimate of drug-likeness (QED) is 0.675. The molecule has 1 aliphatic heterocycles. The Morgan fingerprint density at radius 1 is 0.967 bits per heavy atom. The monoisotopic (exact) mass is 408 g/mol. The minimum atomic E-state index is -1.03. The van der Waals surface area contributed by atoms with Gasteiger partial charge in [-0.05, 0) is 73.6 Å². The van der Waals surface area contributed by atoms with Gasteiger partial charge in [0.1, 0.15) is 23.6 Å². The summed E-state index contributed by atoms with van der Waals surface area (Å²) in [5.74, 6) is 1.23. The lowest BCUT2D eigenvalue weighted by Crippen LogP contribution is -2.41. The maximum Gasteiger partial charge on any atom is 0.325 e. The molecule has 6 heteroatoms. The van der Waals surface area contributed by atoms with E-state index >= 15 is 0 Å². The third-order valence-electron chi connectivity index (χ3n) is 5.83. The molecule has 6 nitrogen and oxygen atoms in total. The molecule has 4 rings (SSSR count). The van der Waals surface area contributed by atoms with E-state index in [4.69, 9.17) is 9.47 Å². The molecule has 1 unspecified atom stereocenters. The molecule has 1 aliphatic carbocycles. The molecule has 0 aromatic heterocycles. The van der Waals surface area contributed by atoms with E-state index in [0.29, 0.717) is 12.4 Å². The van der Waals surface area contributed by atoms with Gasteiger partial charge in [-0.25, -0.2) is 4.79 Å². The highest BCUT2D eigenvalue weighted by Crippen LogP contribution is 2.32. The van der Waals surface area contributed by atoms with Crippen molar-refractivity contribution in [2.45, 2.75) is 45.1 Å². The van der Waals surface area contributed by atoms with Crippen molar-refractivity contribution in [3.05, 3.63) is 59.2 Å². The van der Waals surface area contributed by atoms with Crippen molar-refractivity contribution in [1.82, 2.24) is 10.2 Å². The van der Waals surface area contributed by atoms with Crippen LogP contribution in [0.4, 0.5) is 4.79 Å². The van der Waals surface area contributed by atoms with Crippen molar-refractivity contribution in [2.75, 3.05) is 19.8 Å². The topological polar surface area (TPSA) is 67.9 Å².